The summed E-state index contributed by atoms with van der Waals surface area (Å²) >= 11 is 0. The van der Waals surface area contributed by atoms with Gasteiger partial charge >= 0.3 is 0 Å². The third kappa shape index (κ3) is 2.95. The van der Waals surface area contributed by atoms with Crippen molar-refractivity contribution in [2.75, 3.05) is 7.11 Å². The Morgan fingerprint density at radius 1 is 1.27 bits per heavy atom. The minimum atomic E-state index is -0.186. The predicted octanol–water partition coefficient (Wildman–Crippen LogP) is 3.88. The normalized spacial score (nSPS) is 10.4. The Balaban J connectivity index is 2.84. The molecule has 0 N–H and O–H groups in total. The van der Waals surface area contributed by atoms with Crippen molar-refractivity contribution in [3.63, 3.8) is 0 Å². The van der Waals surface area contributed by atoms with Crippen LogP contribution in [0.2, 0.25) is 0 Å². The van der Waals surface area contributed by atoms with Crippen LogP contribution < -0.4 is 4.74 Å². The van der Waals surface area contributed by atoms with Gasteiger partial charge in [0.05, 0.1) is 7.11 Å². The van der Waals surface area contributed by atoms with Crippen LogP contribution in [0.4, 0.5) is 4.39 Å². The molecule has 0 aliphatic heterocycles. The number of halogens is 1. The zero-order valence-corrected chi connectivity index (χ0v) is 9.77. The van der Waals surface area contributed by atoms with Gasteiger partial charge in [0.2, 0.25) is 0 Å². The molecule has 0 aromatic heterocycles. The summed E-state index contributed by atoms with van der Waals surface area (Å²) in [4.78, 5) is 0. The average molecular weight is 210 g/mol. The van der Waals surface area contributed by atoms with E-state index in [1.54, 1.807) is 6.07 Å². The summed E-state index contributed by atoms with van der Waals surface area (Å²) in [6, 6.07) is 3.61. The molecule has 0 aliphatic carbocycles. The molecular weight excluding hydrogens is 191 g/mol. The molecule has 0 fully saturated rings. The number of hydrogen-bond donors (Lipinski definition) is 0. The lowest BCUT2D eigenvalue weighted by Crippen LogP contribution is -1.98. The number of rotatable bonds is 5. The van der Waals surface area contributed by atoms with Gasteiger partial charge in [-0.05, 0) is 37.0 Å². The van der Waals surface area contributed by atoms with Crippen LogP contribution in [-0.4, -0.2) is 7.11 Å². The molecule has 0 saturated carbocycles. The van der Waals surface area contributed by atoms with Crippen LogP contribution in [-0.2, 0) is 6.42 Å². The SMILES string of the molecule is CCCCCc1c(C)ccc(OC)c1F. The lowest BCUT2D eigenvalue weighted by Gasteiger charge is -2.10. The highest BCUT2D eigenvalue weighted by molar-refractivity contribution is 5.37. The van der Waals surface area contributed by atoms with Gasteiger partial charge in [-0.2, -0.15) is 0 Å². The minimum absolute atomic E-state index is 0.186. The van der Waals surface area contributed by atoms with E-state index in [-0.39, 0.29) is 5.82 Å². The molecule has 0 spiro atoms. The van der Waals surface area contributed by atoms with E-state index in [4.69, 9.17) is 4.74 Å². The van der Waals surface area contributed by atoms with Gasteiger partial charge in [-0.15, -0.1) is 0 Å². The molecule has 1 aromatic carbocycles. The summed E-state index contributed by atoms with van der Waals surface area (Å²) in [5.74, 6) is 0.167. The van der Waals surface area contributed by atoms with E-state index >= 15 is 0 Å². The van der Waals surface area contributed by atoms with Crippen molar-refractivity contribution in [2.45, 2.75) is 39.5 Å². The first-order valence-electron chi connectivity index (χ1n) is 5.52. The van der Waals surface area contributed by atoms with E-state index in [1.807, 2.05) is 13.0 Å². The quantitative estimate of drug-likeness (QED) is 0.670. The van der Waals surface area contributed by atoms with Crippen LogP contribution in [0.3, 0.4) is 0 Å². The van der Waals surface area contributed by atoms with Gasteiger partial charge in [-0.1, -0.05) is 25.8 Å². The molecule has 0 aliphatic rings. The fourth-order valence-electron chi connectivity index (χ4n) is 1.71. The molecule has 84 valence electrons. The zero-order valence-electron chi connectivity index (χ0n) is 9.77. The number of aryl methyl sites for hydroxylation is 1. The molecule has 0 saturated heterocycles. The molecule has 0 bridgehead atoms. The highest BCUT2D eigenvalue weighted by Gasteiger charge is 2.10. The van der Waals surface area contributed by atoms with E-state index in [9.17, 15) is 4.39 Å². The Kier molecular flexibility index (Phi) is 4.60. The molecule has 2 heteroatoms. The molecular formula is C13H19FO. The van der Waals surface area contributed by atoms with Crippen LogP contribution in [0.1, 0.15) is 37.3 Å². The van der Waals surface area contributed by atoms with Gasteiger partial charge < -0.3 is 4.74 Å². The van der Waals surface area contributed by atoms with Gasteiger partial charge in [-0.3, -0.25) is 0 Å². The second kappa shape index (κ2) is 5.74. The molecule has 0 amide bonds. The smallest absolute Gasteiger partial charge is 0.168 e. The topological polar surface area (TPSA) is 9.23 Å². The van der Waals surface area contributed by atoms with Crippen molar-refractivity contribution in [3.8, 4) is 5.75 Å². The van der Waals surface area contributed by atoms with E-state index in [2.05, 4.69) is 6.92 Å². The minimum Gasteiger partial charge on any atom is -0.494 e. The number of ether oxygens (including phenoxy) is 1. The fraction of sp³-hybridized carbons (Fsp3) is 0.538. The molecule has 0 radical (unpaired) electrons. The molecule has 1 aromatic rings. The molecule has 0 atom stereocenters. The van der Waals surface area contributed by atoms with Gasteiger partial charge in [0, 0.05) is 0 Å². The van der Waals surface area contributed by atoms with Crippen molar-refractivity contribution in [2.24, 2.45) is 0 Å². The van der Waals surface area contributed by atoms with Crippen molar-refractivity contribution in [1.82, 2.24) is 0 Å². The Hall–Kier alpha value is -1.05. The predicted molar refractivity (Wildman–Crippen MR) is 60.9 cm³/mol. The molecule has 0 unspecified atom stereocenters. The second-order valence-corrected chi connectivity index (χ2v) is 3.83. The molecule has 0 heterocycles. The number of hydrogen-bond acceptors (Lipinski definition) is 1. The Morgan fingerprint density at radius 2 is 2.00 bits per heavy atom. The summed E-state index contributed by atoms with van der Waals surface area (Å²) in [5.41, 5.74) is 1.83. The summed E-state index contributed by atoms with van der Waals surface area (Å²) in [6.45, 7) is 4.10. The van der Waals surface area contributed by atoms with E-state index in [0.717, 1.165) is 36.8 Å². The van der Waals surface area contributed by atoms with Crippen LogP contribution in [0.25, 0.3) is 0 Å². The van der Waals surface area contributed by atoms with Crippen molar-refractivity contribution < 1.29 is 9.13 Å². The summed E-state index contributed by atoms with van der Waals surface area (Å²) in [7, 11) is 1.50. The van der Waals surface area contributed by atoms with Gasteiger partial charge in [0.25, 0.3) is 0 Å². The first-order chi connectivity index (χ1) is 7.20. The van der Waals surface area contributed by atoms with Gasteiger partial charge in [0.1, 0.15) is 0 Å². The van der Waals surface area contributed by atoms with Crippen molar-refractivity contribution >= 4 is 0 Å². The monoisotopic (exact) mass is 210 g/mol. The van der Waals surface area contributed by atoms with Crippen LogP contribution in [0.15, 0.2) is 12.1 Å². The van der Waals surface area contributed by atoms with Crippen LogP contribution >= 0.6 is 0 Å². The maximum Gasteiger partial charge on any atom is 0.168 e. The third-order valence-electron chi connectivity index (χ3n) is 2.69. The van der Waals surface area contributed by atoms with Crippen molar-refractivity contribution in [1.29, 1.82) is 0 Å². The standard InChI is InChI=1S/C13H19FO/c1-4-5-6-7-11-10(2)8-9-12(15-3)13(11)14/h8-9H,4-7H2,1-3H3. The summed E-state index contributed by atoms with van der Waals surface area (Å²) < 4.78 is 18.8. The van der Waals surface area contributed by atoms with Gasteiger partial charge in [-0.25, -0.2) is 4.39 Å². The highest BCUT2D eigenvalue weighted by atomic mass is 19.1. The average Bonchev–Trinajstić information content (AvgIpc) is 2.23. The van der Waals surface area contributed by atoms with Crippen LogP contribution in [0, 0.1) is 12.7 Å². The maximum absolute atomic E-state index is 13.8. The first kappa shape index (κ1) is 12.0. The molecule has 1 nitrogen and oxygen atoms in total. The van der Waals surface area contributed by atoms with E-state index in [0.29, 0.717) is 5.75 Å². The molecule has 15 heavy (non-hydrogen) atoms. The number of benzene rings is 1. The van der Waals surface area contributed by atoms with E-state index < -0.39 is 0 Å². The summed E-state index contributed by atoms with van der Waals surface area (Å²) in [5, 5.41) is 0. The maximum atomic E-state index is 13.8. The van der Waals surface area contributed by atoms with Gasteiger partial charge in [0.15, 0.2) is 11.6 Å². The highest BCUT2D eigenvalue weighted by Crippen LogP contribution is 2.24. The third-order valence-corrected chi connectivity index (χ3v) is 2.69. The number of methoxy groups -OCH3 is 1. The second-order valence-electron chi connectivity index (χ2n) is 3.83. The van der Waals surface area contributed by atoms with E-state index in [1.165, 1.54) is 7.11 Å². The fourth-order valence-corrected chi connectivity index (χ4v) is 1.71. The largest absolute Gasteiger partial charge is 0.494 e. The Labute approximate surface area is 91.3 Å². The Morgan fingerprint density at radius 3 is 2.60 bits per heavy atom. The lowest BCUT2D eigenvalue weighted by molar-refractivity contribution is 0.383. The first-order valence-corrected chi connectivity index (χ1v) is 5.52. The van der Waals surface area contributed by atoms with Crippen molar-refractivity contribution in [3.05, 3.63) is 29.1 Å². The van der Waals surface area contributed by atoms with Crippen LogP contribution in [0.5, 0.6) is 5.75 Å². The molecule has 1 rings (SSSR count). The number of unbranched alkanes of at least 4 members (excludes halogenated alkanes) is 2. The zero-order chi connectivity index (χ0) is 11.3. The summed E-state index contributed by atoms with van der Waals surface area (Å²) in [6.07, 6.45) is 4.16. The lowest BCUT2D eigenvalue weighted by atomic mass is 10.0. The Bertz CT molecular complexity index is 321.